The summed E-state index contributed by atoms with van der Waals surface area (Å²) < 4.78 is 0. The fourth-order valence-electron chi connectivity index (χ4n) is 4.61. The molecule has 3 N–H and O–H groups in total. The molecule has 0 bridgehead atoms. The number of carbonyl (C=O) groups is 2. The standard InChI is InChI=1S/C28H29Cl3N4O2/c1-35(2)12-4-11-32-26(36)22-9-7-20(30)14-24(22)33-17-28(16-18-5-3-6-19(29)13-18)23-10-8-21(31)15-25(23)34-27(28)37/h3,5-10,13-15,33H,4,11-12,16-17H2,1-2H3,(H,32,36)(H,34,37). The average molecular weight is 560 g/mol. The second-order valence-electron chi connectivity index (χ2n) is 9.49. The Morgan fingerprint density at radius 3 is 2.46 bits per heavy atom. The maximum Gasteiger partial charge on any atom is 0.253 e. The molecule has 0 spiro atoms. The third-order valence-electron chi connectivity index (χ3n) is 6.45. The van der Waals surface area contributed by atoms with Gasteiger partial charge >= 0.3 is 0 Å². The SMILES string of the molecule is CN(C)CCCNC(=O)c1ccc(Cl)cc1NCC1(Cc2cccc(Cl)c2)C(=O)Nc2cc(Cl)ccc21. The monoisotopic (exact) mass is 558 g/mol. The largest absolute Gasteiger partial charge is 0.383 e. The molecule has 1 heterocycles. The Morgan fingerprint density at radius 2 is 1.70 bits per heavy atom. The summed E-state index contributed by atoms with van der Waals surface area (Å²) in [6, 6.07) is 18.0. The molecule has 194 valence electrons. The molecule has 3 aromatic carbocycles. The summed E-state index contributed by atoms with van der Waals surface area (Å²) in [5.41, 5.74) is 2.46. The number of fused-ring (bicyclic) bond motifs is 1. The number of benzene rings is 3. The predicted octanol–water partition coefficient (Wildman–Crippen LogP) is 5.87. The van der Waals surface area contributed by atoms with E-state index >= 15 is 0 Å². The summed E-state index contributed by atoms with van der Waals surface area (Å²) in [6.07, 6.45) is 1.23. The summed E-state index contributed by atoms with van der Waals surface area (Å²) in [5.74, 6) is -0.362. The molecule has 1 unspecified atom stereocenters. The molecule has 1 aliphatic rings. The van der Waals surface area contributed by atoms with Crippen LogP contribution in [0.4, 0.5) is 11.4 Å². The van der Waals surface area contributed by atoms with E-state index < -0.39 is 5.41 Å². The molecule has 0 radical (unpaired) electrons. The van der Waals surface area contributed by atoms with Crippen LogP contribution in [-0.2, 0) is 16.6 Å². The number of amides is 2. The summed E-state index contributed by atoms with van der Waals surface area (Å²) in [5, 5.41) is 10.9. The summed E-state index contributed by atoms with van der Waals surface area (Å²) >= 11 is 18.8. The van der Waals surface area contributed by atoms with Crippen molar-refractivity contribution in [3.8, 4) is 0 Å². The van der Waals surface area contributed by atoms with Gasteiger partial charge in [0.15, 0.2) is 0 Å². The van der Waals surface area contributed by atoms with Gasteiger partial charge in [-0.2, -0.15) is 0 Å². The van der Waals surface area contributed by atoms with E-state index in [4.69, 9.17) is 34.8 Å². The first-order valence-electron chi connectivity index (χ1n) is 12.0. The number of nitrogens with one attached hydrogen (secondary N) is 3. The molecule has 3 aromatic rings. The van der Waals surface area contributed by atoms with E-state index in [9.17, 15) is 9.59 Å². The third-order valence-corrected chi connectivity index (χ3v) is 7.15. The maximum absolute atomic E-state index is 13.6. The van der Waals surface area contributed by atoms with Crippen LogP contribution in [0.5, 0.6) is 0 Å². The first-order valence-corrected chi connectivity index (χ1v) is 13.1. The van der Waals surface area contributed by atoms with Crippen LogP contribution in [0.2, 0.25) is 15.1 Å². The molecule has 9 heteroatoms. The predicted molar refractivity (Wildman–Crippen MR) is 152 cm³/mol. The number of nitrogens with zero attached hydrogens (tertiary/aromatic N) is 1. The van der Waals surface area contributed by atoms with Crippen molar-refractivity contribution in [3.63, 3.8) is 0 Å². The lowest BCUT2D eigenvalue weighted by atomic mass is 9.76. The Labute approximate surface area is 232 Å². The minimum atomic E-state index is -0.966. The van der Waals surface area contributed by atoms with Gasteiger partial charge in [0.25, 0.3) is 5.91 Å². The van der Waals surface area contributed by atoms with Crippen molar-refractivity contribution in [2.45, 2.75) is 18.3 Å². The van der Waals surface area contributed by atoms with E-state index in [2.05, 4.69) is 20.9 Å². The molecule has 1 aliphatic heterocycles. The fraction of sp³-hybridized carbons (Fsp3) is 0.286. The number of halogens is 3. The highest BCUT2D eigenvalue weighted by Gasteiger charge is 2.47. The number of carbonyl (C=O) groups excluding carboxylic acids is 2. The van der Waals surface area contributed by atoms with Crippen molar-refractivity contribution < 1.29 is 9.59 Å². The van der Waals surface area contributed by atoms with Gasteiger partial charge in [-0.15, -0.1) is 0 Å². The first-order chi connectivity index (χ1) is 17.7. The fourth-order valence-corrected chi connectivity index (χ4v) is 5.17. The van der Waals surface area contributed by atoms with E-state index in [0.29, 0.717) is 45.0 Å². The lowest BCUT2D eigenvalue weighted by Gasteiger charge is -2.29. The van der Waals surface area contributed by atoms with Gasteiger partial charge in [0.1, 0.15) is 0 Å². The van der Waals surface area contributed by atoms with Crippen LogP contribution in [0.1, 0.15) is 27.9 Å². The number of rotatable bonds is 10. The molecule has 1 atom stereocenters. The zero-order valence-corrected chi connectivity index (χ0v) is 23.0. The van der Waals surface area contributed by atoms with Crippen LogP contribution in [0.25, 0.3) is 0 Å². The molecule has 0 aliphatic carbocycles. The quantitative estimate of drug-likeness (QED) is 0.272. The van der Waals surface area contributed by atoms with Gasteiger partial charge in [-0.1, -0.05) is 53.0 Å². The summed E-state index contributed by atoms with van der Waals surface area (Å²) in [4.78, 5) is 28.6. The van der Waals surface area contributed by atoms with Gasteiger partial charge in [-0.3, -0.25) is 9.59 Å². The lowest BCUT2D eigenvalue weighted by Crippen LogP contribution is -2.43. The van der Waals surface area contributed by atoms with Crippen molar-refractivity contribution in [1.29, 1.82) is 0 Å². The van der Waals surface area contributed by atoms with E-state index in [1.165, 1.54) is 0 Å². The van der Waals surface area contributed by atoms with Crippen molar-refractivity contribution in [3.05, 3.63) is 92.4 Å². The Hall–Kier alpha value is -2.77. The second kappa shape index (κ2) is 11.7. The molecular formula is C28H29Cl3N4O2. The molecule has 2 amide bonds. The van der Waals surface area contributed by atoms with Gasteiger partial charge in [-0.25, -0.2) is 0 Å². The number of anilines is 2. The average Bonchev–Trinajstić information content (AvgIpc) is 3.10. The minimum absolute atomic E-state index is 0.158. The smallest absolute Gasteiger partial charge is 0.253 e. The minimum Gasteiger partial charge on any atom is -0.383 e. The number of hydrogen-bond acceptors (Lipinski definition) is 4. The Kier molecular flexibility index (Phi) is 8.65. The molecule has 6 nitrogen and oxygen atoms in total. The molecule has 0 aromatic heterocycles. The maximum atomic E-state index is 13.6. The highest BCUT2D eigenvalue weighted by atomic mass is 35.5. The molecular weight excluding hydrogens is 531 g/mol. The highest BCUT2D eigenvalue weighted by molar-refractivity contribution is 6.31. The van der Waals surface area contributed by atoms with Gasteiger partial charge in [0, 0.05) is 39.5 Å². The molecule has 37 heavy (non-hydrogen) atoms. The summed E-state index contributed by atoms with van der Waals surface area (Å²) in [7, 11) is 3.99. The van der Waals surface area contributed by atoms with Crippen LogP contribution in [-0.4, -0.2) is 50.4 Å². The van der Waals surface area contributed by atoms with E-state index in [1.807, 2.05) is 38.4 Å². The van der Waals surface area contributed by atoms with E-state index in [1.54, 1.807) is 36.4 Å². The van der Waals surface area contributed by atoms with Gasteiger partial charge in [-0.05, 0) is 87.1 Å². The van der Waals surface area contributed by atoms with Crippen LogP contribution < -0.4 is 16.0 Å². The van der Waals surface area contributed by atoms with Crippen LogP contribution in [0.15, 0.2) is 60.7 Å². The molecule has 0 saturated carbocycles. The van der Waals surface area contributed by atoms with Crippen molar-refractivity contribution >= 4 is 58.0 Å². The van der Waals surface area contributed by atoms with Gasteiger partial charge < -0.3 is 20.9 Å². The molecule has 4 rings (SSSR count). The molecule has 0 saturated heterocycles. The Morgan fingerprint density at radius 1 is 0.973 bits per heavy atom. The van der Waals surface area contributed by atoms with E-state index in [0.717, 1.165) is 24.1 Å². The number of hydrogen-bond donors (Lipinski definition) is 3. The Bertz CT molecular complexity index is 1310. The second-order valence-corrected chi connectivity index (χ2v) is 10.8. The third kappa shape index (κ3) is 6.39. The van der Waals surface area contributed by atoms with Gasteiger partial charge in [0.2, 0.25) is 5.91 Å². The van der Waals surface area contributed by atoms with Crippen molar-refractivity contribution in [2.75, 3.05) is 44.4 Å². The van der Waals surface area contributed by atoms with Gasteiger partial charge in [0.05, 0.1) is 11.0 Å². The van der Waals surface area contributed by atoms with Crippen LogP contribution in [0, 0.1) is 0 Å². The zero-order valence-electron chi connectivity index (χ0n) is 20.7. The van der Waals surface area contributed by atoms with Crippen LogP contribution in [0.3, 0.4) is 0 Å². The van der Waals surface area contributed by atoms with E-state index in [-0.39, 0.29) is 18.4 Å². The van der Waals surface area contributed by atoms with Crippen molar-refractivity contribution in [2.24, 2.45) is 0 Å². The first kappa shape index (κ1) is 27.3. The highest BCUT2D eigenvalue weighted by Crippen LogP contribution is 2.42. The lowest BCUT2D eigenvalue weighted by molar-refractivity contribution is -0.120. The van der Waals surface area contributed by atoms with Crippen molar-refractivity contribution in [1.82, 2.24) is 10.2 Å². The summed E-state index contributed by atoms with van der Waals surface area (Å²) in [6.45, 7) is 1.64. The Balaban J connectivity index is 1.63. The molecule has 0 fully saturated rings. The zero-order chi connectivity index (χ0) is 26.6. The normalized spacial score (nSPS) is 16.4. The topological polar surface area (TPSA) is 73.5 Å². The van der Waals surface area contributed by atoms with Crippen LogP contribution >= 0.6 is 34.8 Å².